The second-order valence-corrected chi connectivity index (χ2v) is 5.47. The minimum atomic E-state index is -1.83. The van der Waals surface area contributed by atoms with E-state index in [0.29, 0.717) is 18.5 Å². The van der Waals surface area contributed by atoms with Gasteiger partial charge in [-0.05, 0) is 24.0 Å². The van der Waals surface area contributed by atoms with Crippen molar-refractivity contribution in [2.24, 2.45) is 0 Å². The molecule has 1 atom stereocenters. The number of benzene rings is 1. The van der Waals surface area contributed by atoms with Crippen LogP contribution < -0.4 is 10.2 Å². The number of alkyl carbamates (subject to hydrolysis) is 1. The number of rotatable bonds is 2. The number of carbonyl (C=O) groups excluding carboxylic acids is 2. The van der Waals surface area contributed by atoms with E-state index in [1.54, 1.807) is 6.07 Å². The molecule has 2 amide bonds. The van der Waals surface area contributed by atoms with Gasteiger partial charge in [-0.1, -0.05) is 18.2 Å². The molecule has 0 aromatic heterocycles. The first-order chi connectivity index (χ1) is 10.5. The first-order valence-electron chi connectivity index (χ1n) is 7.03. The molecule has 0 radical (unpaired) electrons. The summed E-state index contributed by atoms with van der Waals surface area (Å²) in [5.74, 6) is -1.59. The molecule has 2 N–H and O–H groups in total. The lowest BCUT2D eigenvalue weighted by molar-refractivity contribution is -0.146. The largest absolute Gasteiger partial charge is 0.478 e. The highest BCUT2D eigenvalue weighted by Crippen LogP contribution is 2.43. The van der Waals surface area contributed by atoms with Crippen LogP contribution in [0.15, 0.2) is 18.2 Å². The zero-order valence-corrected chi connectivity index (χ0v) is 12.1. The van der Waals surface area contributed by atoms with E-state index in [2.05, 4.69) is 10.1 Å². The molecule has 1 unspecified atom stereocenters. The van der Waals surface area contributed by atoms with Crippen molar-refractivity contribution >= 4 is 23.7 Å². The maximum atomic E-state index is 12.5. The first-order valence-corrected chi connectivity index (χ1v) is 7.03. The molecule has 0 aliphatic carbocycles. The number of nitrogens with one attached hydrogen (secondary N) is 1. The van der Waals surface area contributed by atoms with Crippen LogP contribution in [0.5, 0.6) is 0 Å². The Morgan fingerprint density at radius 3 is 2.73 bits per heavy atom. The number of carbonyl (C=O) groups is 3. The number of hydrogen-bond donors (Lipinski definition) is 2. The van der Waals surface area contributed by atoms with Crippen molar-refractivity contribution < 1.29 is 24.2 Å². The monoisotopic (exact) mass is 304 g/mol. The summed E-state index contributed by atoms with van der Waals surface area (Å²) in [5, 5.41) is 12.1. The minimum absolute atomic E-state index is 0.0202. The van der Waals surface area contributed by atoms with Crippen molar-refractivity contribution in [3.8, 4) is 0 Å². The van der Waals surface area contributed by atoms with Crippen molar-refractivity contribution in [1.29, 1.82) is 0 Å². The van der Waals surface area contributed by atoms with Gasteiger partial charge < -0.3 is 9.84 Å². The predicted molar refractivity (Wildman–Crippen MR) is 76.5 cm³/mol. The molecule has 1 aromatic carbocycles. The Bertz CT molecular complexity index is 672. The van der Waals surface area contributed by atoms with Crippen molar-refractivity contribution in [3.05, 3.63) is 29.3 Å². The van der Waals surface area contributed by atoms with Gasteiger partial charge in [0.2, 0.25) is 11.6 Å². The van der Waals surface area contributed by atoms with E-state index in [0.717, 1.165) is 18.2 Å². The number of nitrogens with zero attached hydrogens (tertiary/aromatic N) is 1. The van der Waals surface area contributed by atoms with Gasteiger partial charge in [-0.15, -0.1) is 0 Å². The Balaban J connectivity index is 2.18. The molecule has 3 rings (SSSR count). The Kier molecular flexibility index (Phi) is 3.27. The molecule has 0 saturated heterocycles. The number of aryl methyl sites for hydroxylation is 1. The van der Waals surface area contributed by atoms with E-state index in [4.69, 9.17) is 0 Å². The molecular formula is C15H16N2O5. The van der Waals surface area contributed by atoms with Gasteiger partial charge in [0, 0.05) is 12.8 Å². The summed E-state index contributed by atoms with van der Waals surface area (Å²) >= 11 is 0. The smallest absolute Gasteiger partial charge is 0.409 e. The molecule has 7 nitrogen and oxygen atoms in total. The SMILES string of the molecule is COC(=O)NC1(C(=O)O)Cc2cccc3c2N1C(=O)CCC3. The Labute approximate surface area is 126 Å². The molecule has 2 aliphatic heterocycles. The molecule has 2 heterocycles. The van der Waals surface area contributed by atoms with Gasteiger partial charge in [-0.3, -0.25) is 15.0 Å². The third-order valence-corrected chi connectivity index (χ3v) is 4.19. The van der Waals surface area contributed by atoms with Gasteiger partial charge in [-0.2, -0.15) is 0 Å². The third-order valence-electron chi connectivity index (χ3n) is 4.19. The van der Waals surface area contributed by atoms with Gasteiger partial charge >= 0.3 is 12.1 Å². The Morgan fingerprint density at radius 1 is 1.32 bits per heavy atom. The molecular weight excluding hydrogens is 288 g/mol. The molecule has 0 spiro atoms. The number of carboxylic acids is 1. The second kappa shape index (κ2) is 5.01. The molecule has 0 saturated carbocycles. The van der Waals surface area contributed by atoms with Crippen molar-refractivity contribution in [2.45, 2.75) is 31.3 Å². The van der Waals surface area contributed by atoms with Gasteiger partial charge in [-0.25, -0.2) is 9.59 Å². The topological polar surface area (TPSA) is 95.9 Å². The van der Waals surface area contributed by atoms with Crippen LogP contribution in [0.1, 0.15) is 24.0 Å². The normalized spacial score (nSPS) is 22.8. The number of anilines is 1. The highest BCUT2D eigenvalue weighted by molar-refractivity contribution is 6.06. The van der Waals surface area contributed by atoms with Gasteiger partial charge in [0.05, 0.1) is 12.8 Å². The van der Waals surface area contributed by atoms with Gasteiger partial charge in [0.25, 0.3) is 0 Å². The van der Waals surface area contributed by atoms with Crippen LogP contribution in [0.3, 0.4) is 0 Å². The van der Waals surface area contributed by atoms with Crippen LogP contribution in [0.4, 0.5) is 10.5 Å². The fourth-order valence-corrected chi connectivity index (χ4v) is 3.25. The summed E-state index contributed by atoms with van der Waals surface area (Å²) in [6, 6.07) is 5.52. The number of para-hydroxylation sites is 1. The molecule has 2 aliphatic rings. The molecule has 0 fully saturated rings. The first kappa shape index (κ1) is 14.4. The van der Waals surface area contributed by atoms with Gasteiger partial charge in [0.1, 0.15) is 0 Å². The number of methoxy groups -OCH3 is 1. The van der Waals surface area contributed by atoms with Crippen LogP contribution in [0.25, 0.3) is 0 Å². The number of carboxylic acid groups (broad SMARTS) is 1. The number of ether oxygens (including phenoxy) is 1. The average Bonchev–Trinajstić information content (AvgIpc) is 2.72. The molecule has 22 heavy (non-hydrogen) atoms. The van der Waals surface area contributed by atoms with Crippen LogP contribution in [-0.4, -0.2) is 35.8 Å². The van der Waals surface area contributed by atoms with Crippen LogP contribution in [0.2, 0.25) is 0 Å². The second-order valence-electron chi connectivity index (χ2n) is 5.47. The molecule has 0 bridgehead atoms. The lowest BCUT2D eigenvalue weighted by Gasteiger charge is -2.34. The van der Waals surface area contributed by atoms with Crippen LogP contribution in [0, 0.1) is 0 Å². The maximum absolute atomic E-state index is 12.5. The predicted octanol–water partition coefficient (Wildman–Crippen LogP) is 1.05. The fourth-order valence-electron chi connectivity index (χ4n) is 3.25. The number of hydrogen-bond acceptors (Lipinski definition) is 4. The van der Waals surface area contributed by atoms with E-state index in [1.165, 1.54) is 4.90 Å². The maximum Gasteiger partial charge on any atom is 0.409 e. The highest BCUT2D eigenvalue weighted by Gasteiger charge is 2.55. The fraction of sp³-hybridized carbons (Fsp3) is 0.400. The van der Waals surface area contributed by atoms with Crippen molar-refractivity contribution in [1.82, 2.24) is 5.32 Å². The van der Waals surface area contributed by atoms with E-state index < -0.39 is 17.7 Å². The average molecular weight is 304 g/mol. The summed E-state index contributed by atoms with van der Waals surface area (Å²) in [7, 11) is 1.16. The third kappa shape index (κ3) is 1.93. The summed E-state index contributed by atoms with van der Waals surface area (Å²) in [6.45, 7) is 0. The zero-order valence-electron chi connectivity index (χ0n) is 12.1. The van der Waals surface area contributed by atoms with E-state index >= 15 is 0 Å². The Morgan fingerprint density at radius 2 is 2.05 bits per heavy atom. The molecule has 1 aromatic rings. The van der Waals surface area contributed by atoms with E-state index in [-0.39, 0.29) is 18.7 Å². The molecule has 116 valence electrons. The van der Waals surface area contributed by atoms with Crippen LogP contribution >= 0.6 is 0 Å². The summed E-state index contributed by atoms with van der Waals surface area (Å²) in [4.78, 5) is 37.3. The van der Waals surface area contributed by atoms with Crippen LogP contribution in [-0.2, 0) is 27.2 Å². The number of aliphatic carboxylic acids is 1. The highest BCUT2D eigenvalue weighted by atomic mass is 16.5. The summed E-state index contributed by atoms with van der Waals surface area (Å²) in [5.41, 5.74) is 0.459. The number of amides is 2. The minimum Gasteiger partial charge on any atom is -0.478 e. The summed E-state index contributed by atoms with van der Waals surface area (Å²) in [6.07, 6.45) is 0.742. The lowest BCUT2D eigenvalue weighted by atomic mass is 10.0. The zero-order chi connectivity index (χ0) is 15.9. The van der Waals surface area contributed by atoms with E-state index in [9.17, 15) is 19.5 Å². The van der Waals surface area contributed by atoms with E-state index in [1.807, 2.05) is 12.1 Å². The lowest BCUT2D eigenvalue weighted by Crippen LogP contribution is -2.66. The Hall–Kier alpha value is -2.57. The molecule has 7 heteroatoms. The standard InChI is InChI=1S/C15H16N2O5/c1-22-14(21)16-15(13(19)20)8-10-6-2-4-9-5-3-7-11(18)17(15)12(9)10/h2,4,6H,3,5,7-8H2,1H3,(H,16,21)(H,19,20). The van der Waals surface area contributed by atoms with Gasteiger partial charge in [0.15, 0.2) is 0 Å². The summed E-state index contributed by atoms with van der Waals surface area (Å²) < 4.78 is 4.54. The quantitative estimate of drug-likeness (QED) is 0.851. The van der Waals surface area contributed by atoms with Crippen molar-refractivity contribution in [2.75, 3.05) is 12.0 Å². The van der Waals surface area contributed by atoms with Crippen molar-refractivity contribution in [3.63, 3.8) is 0 Å².